The minimum atomic E-state index is 0.296. The van der Waals surface area contributed by atoms with Crippen molar-refractivity contribution >= 4 is 27.3 Å². The average molecular weight is 325 g/mol. The zero-order valence-corrected chi connectivity index (χ0v) is 14.0. The first-order valence-corrected chi connectivity index (χ1v) is 8.92. The summed E-state index contributed by atoms with van der Waals surface area (Å²) in [4.78, 5) is 5.30. The lowest BCUT2D eigenvalue weighted by molar-refractivity contribution is 0.267. The molecule has 5 rings (SSSR count). The molecule has 1 aliphatic heterocycles. The minimum Gasteiger partial charge on any atom is -0.365 e. The predicted molar refractivity (Wildman–Crippen MR) is 104 cm³/mol. The summed E-state index contributed by atoms with van der Waals surface area (Å²) in [5.41, 5.74) is 3.90. The third-order valence-corrected chi connectivity index (χ3v) is 5.38. The Kier molecular flexibility index (Phi) is 3.41. The molecule has 0 saturated carbocycles. The van der Waals surface area contributed by atoms with Crippen LogP contribution in [-0.4, -0.2) is 5.71 Å². The van der Waals surface area contributed by atoms with Gasteiger partial charge in [0.1, 0.15) is 6.26 Å². The Morgan fingerprint density at radius 3 is 2.80 bits per heavy atom. The van der Waals surface area contributed by atoms with E-state index in [2.05, 4.69) is 59.8 Å². The number of aryl methyl sites for hydroxylation is 1. The topological polar surface area (TPSA) is 21.6 Å². The molecule has 3 aromatic carbocycles. The maximum Gasteiger partial charge on any atom is 0.122 e. The van der Waals surface area contributed by atoms with Gasteiger partial charge in [-0.05, 0) is 64.1 Å². The molecule has 0 radical (unpaired) electrons. The summed E-state index contributed by atoms with van der Waals surface area (Å²) in [6.45, 7) is 0. The number of fused-ring (bicyclic) bond motifs is 5. The van der Waals surface area contributed by atoms with Crippen LogP contribution in [0, 0.1) is 0 Å². The molecule has 3 aromatic rings. The molecule has 122 valence electrons. The Morgan fingerprint density at radius 2 is 1.80 bits per heavy atom. The van der Waals surface area contributed by atoms with Gasteiger partial charge in [-0.15, -0.1) is 0 Å². The molecule has 0 spiro atoms. The SMILES string of the molecule is C1=CON=C(C2CCCc3ccc4c(ccc5ccccc54)c32)C=C1. The summed E-state index contributed by atoms with van der Waals surface area (Å²) in [7, 11) is 0. The van der Waals surface area contributed by atoms with E-state index in [9.17, 15) is 0 Å². The van der Waals surface area contributed by atoms with Crippen LogP contribution in [0.25, 0.3) is 21.5 Å². The quantitative estimate of drug-likeness (QED) is 0.513. The molecule has 0 N–H and O–H groups in total. The summed E-state index contributed by atoms with van der Waals surface area (Å²) in [5, 5.41) is 9.66. The van der Waals surface area contributed by atoms with Gasteiger partial charge >= 0.3 is 0 Å². The van der Waals surface area contributed by atoms with Gasteiger partial charge < -0.3 is 4.84 Å². The molecule has 25 heavy (non-hydrogen) atoms. The molecule has 0 bridgehead atoms. The van der Waals surface area contributed by atoms with Crippen molar-refractivity contribution in [2.75, 3.05) is 0 Å². The lowest BCUT2D eigenvalue weighted by Gasteiger charge is -2.27. The maximum atomic E-state index is 5.30. The fourth-order valence-electron chi connectivity index (χ4n) is 4.26. The van der Waals surface area contributed by atoms with Crippen LogP contribution < -0.4 is 0 Å². The van der Waals surface area contributed by atoms with E-state index < -0.39 is 0 Å². The van der Waals surface area contributed by atoms with Crippen LogP contribution in [0.15, 0.2) is 78.2 Å². The van der Waals surface area contributed by atoms with E-state index in [1.54, 1.807) is 6.26 Å². The Labute approximate surface area is 147 Å². The summed E-state index contributed by atoms with van der Waals surface area (Å²) < 4.78 is 0. The first kappa shape index (κ1) is 14.5. The normalized spacial score (nSPS) is 19.4. The highest BCUT2D eigenvalue weighted by Gasteiger charge is 2.26. The predicted octanol–water partition coefficient (Wildman–Crippen LogP) is 5.87. The molecule has 1 aliphatic carbocycles. The van der Waals surface area contributed by atoms with Gasteiger partial charge in [0.2, 0.25) is 0 Å². The Balaban J connectivity index is 1.77. The first-order chi connectivity index (χ1) is 12.4. The summed E-state index contributed by atoms with van der Waals surface area (Å²) in [5.74, 6) is 0.296. The van der Waals surface area contributed by atoms with Crippen molar-refractivity contribution < 1.29 is 4.84 Å². The fourth-order valence-corrected chi connectivity index (χ4v) is 4.26. The van der Waals surface area contributed by atoms with Crippen molar-refractivity contribution in [2.45, 2.75) is 25.2 Å². The van der Waals surface area contributed by atoms with Gasteiger partial charge in [-0.1, -0.05) is 59.8 Å². The van der Waals surface area contributed by atoms with Crippen molar-refractivity contribution in [3.05, 3.63) is 84.1 Å². The molecule has 2 nitrogen and oxygen atoms in total. The molecule has 0 aromatic heterocycles. The van der Waals surface area contributed by atoms with Crippen molar-refractivity contribution in [3.8, 4) is 0 Å². The highest BCUT2D eigenvalue weighted by Crippen LogP contribution is 2.40. The van der Waals surface area contributed by atoms with Gasteiger partial charge in [0.25, 0.3) is 0 Å². The molecule has 0 fully saturated rings. The monoisotopic (exact) mass is 325 g/mol. The van der Waals surface area contributed by atoms with Crippen LogP contribution in [0.4, 0.5) is 0 Å². The van der Waals surface area contributed by atoms with Crippen molar-refractivity contribution in [2.24, 2.45) is 5.16 Å². The second-order valence-electron chi connectivity index (χ2n) is 6.77. The summed E-state index contributed by atoms with van der Waals surface area (Å²) >= 11 is 0. The number of oxime groups is 1. The van der Waals surface area contributed by atoms with E-state index in [0.29, 0.717) is 5.92 Å². The molecule has 1 unspecified atom stereocenters. The van der Waals surface area contributed by atoms with Gasteiger partial charge in [-0.3, -0.25) is 0 Å². The Morgan fingerprint density at radius 1 is 0.880 bits per heavy atom. The number of hydrogen-bond acceptors (Lipinski definition) is 2. The minimum absolute atomic E-state index is 0.296. The second-order valence-corrected chi connectivity index (χ2v) is 6.77. The van der Waals surface area contributed by atoms with Crippen LogP contribution in [0.2, 0.25) is 0 Å². The molecule has 2 heteroatoms. The largest absolute Gasteiger partial charge is 0.365 e. The molecule has 0 amide bonds. The van der Waals surface area contributed by atoms with E-state index in [4.69, 9.17) is 4.84 Å². The Bertz CT molecular complexity index is 1060. The van der Waals surface area contributed by atoms with E-state index in [1.165, 1.54) is 39.1 Å². The summed E-state index contributed by atoms with van der Waals surface area (Å²) in [6, 6.07) is 17.8. The lowest BCUT2D eigenvalue weighted by atomic mass is 9.77. The van der Waals surface area contributed by atoms with Crippen LogP contribution in [0.1, 0.15) is 29.9 Å². The number of allylic oxidation sites excluding steroid dienone is 3. The van der Waals surface area contributed by atoms with Crippen LogP contribution in [-0.2, 0) is 11.3 Å². The summed E-state index contributed by atoms with van der Waals surface area (Å²) in [6.07, 6.45) is 11.1. The standard InChI is InChI=1S/C23H19NO/c1-2-8-18-16(6-1)11-14-20-19(18)13-12-17-7-5-9-21(23(17)20)22-10-3-4-15-25-24-22/h1-4,6,8,10-15,21H,5,7,9H2. The highest BCUT2D eigenvalue weighted by atomic mass is 16.6. The number of rotatable bonds is 1. The number of benzene rings is 3. The third-order valence-electron chi connectivity index (χ3n) is 5.38. The molecule has 1 heterocycles. The van der Waals surface area contributed by atoms with Gasteiger partial charge in [-0.2, -0.15) is 0 Å². The van der Waals surface area contributed by atoms with E-state index in [1.807, 2.05) is 12.2 Å². The smallest absolute Gasteiger partial charge is 0.122 e. The van der Waals surface area contributed by atoms with Crippen molar-refractivity contribution in [1.29, 1.82) is 0 Å². The first-order valence-electron chi connectivity index (χ1n) is 8.92. The van der Waals surface area contributed by atoms with Crippen molar-refractivity contribution in [1.82, 2.24) is 0 Å². The van der Waals surface area contributed by atoms with Crippen LogP contribution in [0.3, 0.4) is 0 Å². The molecule has 0 saturated heterocycles. The van der Waals surface area contributed by atoms with Crippen molar-refractivity contribution in [3.63, 3.8) is 0 Å². The molecule has 1 atom stereocenters. The maximum absolute atomic E-state index is 5.30. The van der Waals surface area contributed by atoms with E-state index in [0.717, 1.165) is 18.6 Å². The van der Waals surface area contributed by atoms with Crippen LogP contribution >= 0.6 is 0 Å². The number of hydrogen-bond donors (Lipinski definition) is 0. The average Bonchev–Trinajstić information content (AvgIpc) is 2.96. The fraction of sp³-hybridized carbons (Fsp3) is 0.174. The number of nitrogens with zero attached hydrogens (tertiary/aromatic N) is 1. The van der Waals surface area contributed by atoms with Gasteiger partial charge in [-0.25, -0.2) is 0 Å². The zero-order valence-electron chi connectivity index (χ0n) is 14.0. The molecular formula is C23H19NO. The Hall–Kier alpha value is -2.87. The lowest BCUT2D eigenvalue weighted by Crippen LogP contribution is -2.18. The van der Waals surface area contributed by atoms with E-state index in [-0.39, 0.29) is 0 Å². The zero-order chi connectivity index (χ0) is 16.6. The molecule has 2 aliphatic rings. The van der Waals surface area contributed by atoms with E-state index >= 15 is 0 Å². The van der Waals surface area contributed by atoms with Gasteiger partial charge in [0.15, 0.2) is 0 Å². The molecular weight excluding hydrogens is 306 g/mol. The van der Waals surface area contributed by atoms with Gasteiger partial charge in [0, 0.05) is 5.92 Å². The third kappa shape index (κ3) is 2.37. The van der Waals surface area contributed by atoms with Crippen LogP contribution in [0.5, 0.6) is 0 Å². The van der Waals surface area contributed by atoms with Gasteiger partial charge in [0.05, 0.1) is 5.71 Å². The highest BCUT2D eigenvalue weighted by molar-refractivity contribution is 6.11. The second kappa shape index (κ2) is 5.89.